The predicted octanol–water partition coefficient (Wildman–Crippen LogP) is 2.52. The first kappa shape index (κ1) is 8.75. The van der Waals surface area contributed by atoms with Gasteiger partial charge in [-0.25, -0.2) is 4.98 Å². The Morgan fingerprint density at radius 3 is 2.91 bits per heavy atom. The Morgan fingerprint density at radius 1 is 1.73 bits per heavy atom. The Kier molecular flexibility index (Phi) is 2.68. The summed E-state index contributed by atoms with van der Waals surface area (Å²) in [5.74, 6) is 0. The topological polar surface area (TPSA) is 36.7 Å². The summed E-state index contributed by atoms with van der Waals surface area (Å²) in [5, 5.41) is 9.12. The van der Waals surface area contributed by atoms with Crippen LogP contribution < -0.4 is 0 Å². The van der Waals surface area contributed by atoms with Crippen molar-refractivity contribution in [1.29, 1.82) is 5.26 Å². The molecule has 0 saturated carbocycles. The number of hydrogen-bond acceptors (Lipinski definition) is 2. The number of aryl methyl sites for hydroxylation is 1. The molecule has 2 nitrogen and oxygen atoms in total. The van der Waals surface area contributed by atoms with Gasteiger partial charge in [0.1, 0.15) is 9.77 Å². The van der Waals surface area contributed by atoms with Crippen molar-refractivity contribution in [3.8, 4) is 6.07 Å². The third-order valence-electron chi connectivity index (χ3n) is 1.24. The Bertz CT molecular complexity index is 330. The van der Waals surface area contributed by atoms with E-state index in [4.69, 9.17) is 16.9 Å². The van der Waals surface area contributed by atoms with Crippen molar-refractivity contribution >= 4 is 34.2 Å². The van der Waals surface area contributed by atoms with E-state index in [1.807, 2.05) is 28.7 Å². The highest BCUT2D eigenvalue weighted by atomic mass is 127. The Morgan fingerprint density at radius 2 is 2.36 bits per heavy atom. The molecule has 0 saturated heterocycles. The summed E-state index contributed by atoms with van der Waals surface area (Å²) < 4.78 is 0.737. The van der Waals surface area contributed by atoms with Crippen molar-refractivity contribution in [3.63, 3.8) is 0 Å². The van der Waals surface area contributed by atoms with E-state index in [0.29, 0.717) is 10.6 Å². The molecule has 0 aromatic carbocycles. The molecule has 11 heavy (non-hydrogen) atoms. The van der Waals surface area contributed by atoms with Gasteiger partial charge in [-0.2, -0.15) is 5.26 Å². The van der Waals surface area contributed by atoms with Gasteiger partial charge >= 0.3 is 0 Å². The SMILES string of the molecule is Cc1nc(I)c(Cl)cc1C#N. The molecule has 0 aliphatic heterocycles. The van der Waals surface area contributed by atoms with Gasteiger partial charge in [-0.1, -0.05) is 11.6 Å². The summed E-state index contributed by atoms with van der Waals surface area (Å²) in [4.78, 5) is 4.08. The van der Waals surface area contributed by atoms with E-state index >= 15 is 0 Å². The van der Waals surface area contributed by atoms with Gasteiger partial charge in [-0.3, -0.25) is 0 Å². The van der Waals surface area contributed by atoms with Crippen LogP contribution in [0.25, 0.3) is 0 Å². The molecule has 0 N–H and O–H groups in total. The summed E-state index contributed by atoms with van der Waals surface area (Å²) in [6, 6.07) is 3.64. The molecule has 0 atom stereocenters. The van der Waals surface area contributed by atoms with E-state index in [2.05, 4.69) is 4.98 Å². The monoisotopic (exact) mass is 278 g/mol. The third-order valence-corrected chi connectivity index (χ3v) is 2.67. The highest BCUT2D eigenvalue weighted by molar-refractivity contribution is 14.1. The molecule has 1 aromatic rings. The molecule has 0 aliphatic carbocycles. The number of halogens is 2. The van der Waals surface area contributed by atoms with E-state index in [9.17, 15) is 0 Å². The second-order valence-electron chi connectivity index (χ2n) is 2.01. The van der Waals surface area contributed by atoms with Crippen LogP contribution in [-0.2, 0) is 0 Å². The lowest BCUT2D eigenvalue weighted by Crippen LogP contribution is -1.91. The average molecular weight is 278 g/mol. The van der Waals surface area contributed by atoms with Crippen molar-refractivity contribution in [1.82, 2.24) is 4.98 Å². The van der Waals surface area contributed by atoms with Gasteiger partial charge in [0.25, 0.3) is 0 Å². The molecule has 0 radical (unpaired) electrons. The lowest BCUT2D eigenvalue weighted by atomic mass is 10.2. The minimum absolute atomic E-state index is 0.535. The molecule has 1 rings (SSSR count). The molecule has 4 heteroatoms. The first-order valence-electron chi connectivity index (χ1n) is 2.88. The van der Waals surface area contributed by atoms with Gasteiger partial charge < -0.3 is 0 Å². The van der Waals surface area contributed by atoms with Gasteiger partial charge in [0.2, 0.25) is 0 Å². The maximum absolute atomic E-state index is 8.58. The number of nitrogens with zero attached hydrogens (tertiary/aromatic N) is 2. The van der Waals surface area contributed by atoms with Gasteiger partial charge in [0, 0.05) is 0 Å². The molecule has 56 valence electrons. The smallest absolute Gasteiger partial charge is 0.120 e. The first-order valence-corrected chi connectivity index (χ1v) is 4.33. The minimum atomic E-state index is 0.535. The van der Waals surface area contributed by atoms with Crippen LogP contribution in [0, 0.1) is 22.0 Å². The maximum Gasteiger partial charge on any atom is 0.120 e. The molecule has 1 aromatic heterocycles. The van der Waals surface area contributed by atoms with Crippen molar-refractivity contribution < 1.29 is 0 Å². The number of nitriles is 1. The lowest BCUT2D eigenvalue weighted by Gasteiger charge is -1.98. The highest BCUT2D eigenvalue weighted by Crippen LogP contribution is 2.18. The van der Waals surface area contributed by atoms with Crippen LogP contribution in [0.4, 0.5) is 0 Å². The van der Waals surface area contributed by atoms with Crippen molar-refractivity contribution in [2.24, 2.45) is 0 Å². The minimum Gasteiger partial charge on any atom is -0.244 e. The quantitative estimate of drug-likeness (QED) is 0.540. The predicted molar refractivity (Wildman–Crippen MR) is 51.4 cm³/mol. The summed E-state index contributed by atoms with van der Waals surface area (Å²) in [7, 11) is 0. The normalized spacial score (nSPS) is 9.27. The molecular formula is C7H4ClIN2. The van der Waals surface area contributed by atoms with Gasteiger partial charge in [-0.05, 0) is 35.6 Å². The largest absolute Gasteiger partial charge is 0.244 e. The number of aromatic nitrogens is 1. The summed E-state index contributed by atoms with van der Waals surface area (Å²) in [5.41, 5.74) is 1.26. The summed E-state index contributed by atoms with van der Waals surface area (Å²) in [6.07, 6.45) is 0. The van der Waals surface area contributed by atoms with E-state index in [-0.39, 0.29) is 0 Å². The number of pyridine rings is 1. The van der Waals surface area contributed by atoms with Crippen LogP contribution >= 0.6 is 34.2 Å². The zero-order valence-electron chi connectivity index (χ0n) is 5.73. The van der Waals surface area contributed by atoms with E-state index in [1.165, 1.54) is 0 Å². The number of hydrogen-bond donors (Lipinski definition) is 0. The summed E-state index contributed by atoms with van der Waals surface area (Å²) >= 11 is 7.77. The summed E-state index contributed by atoms with van der Waals surface area (Å²) in [6.45, 7) is 1.79. The Hall–Kier alpha value is -0.340. The van der Waals surface area contributed by atoms with E-state index in [1.54, 1.807) is 13.0 Å². The Labute approximate surface area is 83.3 Å². The lowest BCUT2D eigenvalue weighted by molar-refractivity contribution is 1.15. The molecule has 0 bridgehead atoms. The Balaban J connectivity index is 3.35. The number of rotatable bonds is 0. The first-order chi connectivity index (χ1) is 5.15. The fourth-order valence-electron chi connectivity index (χ4n) is 0.665. The van der Waals surface area contributed by atoms with Crippen LogP contribution in [0.15, 0.2) is 6.07 Å². The highest BCUT2D eigenvalue weighted by Gasteiger charge is 2.03. The van der Waals surface area contributed by atoms with Crippen LogP contribution in [0.3, 0.4) is 0 Å². The van der Waals surface area contributed by atoms with Crippen molar-refractivity contribution in [3.05, 3.63) is 26.0 Å². The van der Waals surface area contributed by atoms with Crippen LogP contribution in [-0.4, -0.2) is 4.98 Å². The van der Waals surface area contributed by atoms with Crippen molar-refractivity contribution in [2.75, 3.05) is 0 Å². The fourth-order valence-corrected chi connectivity index (χ4v) is 1.33. The molecule has 0 amide bonds. The maximum atomic E-state index is 8.58. The van der Waals surface area contributed by atoms with Crippen LogP contribution in [0.5, 0.6) is 0 Å². The van der Waals surface area contributed by atoms with Gasteiger partial charge in [0.05, 0.1) is 16.3 Å². The fraction of sp³-hybridized carbons (Fsp3) is 0.143. The van der Waals surface area contributed by atoms with E-state index < -0.39 is 0 Å². The molecule has 0 spiro atoms. The molecule has 0 fully saturated rings. The average Bonchev–Trinajstić information content (AvgIpc) is 1.97. The van der Waals surface area contributed by atoms with Gasteiger partial charge in [0.15, 0.2) is 0 Å². The van der Waals surface area contributed by atoms with Crippen LogP contribution in [0.1, 0.15) is 11.3 Å². The molecular weight excluding hydrogens is 274 g/mol. The molecule has 1 heterocycles. The zero-order chi connectivity index (χ0) is 8.43. The van der Waals surface area contributed by atoms with Crippen molar-refractivity contribution in [2.45, 2.75) is 6.92 Å². The molecule has 0 aliphatic rings. The second kappa shape index (κ2) is 3.37. The van der Waals surface area contributed by atoms with E-state index in [0.717, 1.165) is 9.39 Å². The second-order valence-corrected chi connectivity index (χ2v) is 3.43. The van der Waals surface area contributed by atoms with Crippen LogP contribution in [0.2, 0.25) is 5.02 Å². The third kappa shape index (κ3) is 1.82. The zero-order valence-corrected chi connectivity index (χ0v) is 8.64. The standard InChI is InChI=1S/C7H4ClIN2/c1-4-5(3-10)2-6(8)7(9)11-4/h2H,1H3. The van der Waals surface area contributed by atoms with Gasteiger partial charge in [-0.15, -0.1) is 0 Å². The molecule has 0 unspecified atom stereocenters.